The number of rotatable bonds is 6. The Morgan fingerprint density at radius 2 is 1.75 bits per heavy atom. The number of benzene rings is 2. The molecule has 3 aromatic rings. The van der Waals surface area contributed by atoms with Crippen LogP contribution in [0.5, 0.6) is 5.75 Å². The smallest absolute Gasteiger partial charge is 0.353 e. The second-order valence-electron chi connectivity index (χ2n) is 7.43. The lowest BCUT2D eigenvalue weighted by Crippen LogP contribution is -2.47. The molecule has 1 fully saturated rings. The number of ether oxygens (including phenoxy) is 1. The predicted octanol–water partition coefficient (Wildman–Crippen LogP) is 3.91. The van der Waals surface area contributed by atoms with E-state index in [2.05, 4.69) is 20.2 Å². The van der Waals surface area contributed by atoms with Crippen molar-refractivity contribution in [2.24, 2.45) is 0 Å². The van der Waals surface area contributed by atoms with Gasteiger partial charge >= 0.3 is 5.69 Å². The maximum atomic E-state index is 13.2. The van der Waals surface area contributed by atoms with E-state index in [0.717, 1.165) is 11.3 Å². The van der Waals surface area contributed by atoms with E-state index in [1.807, 2.05) is 24.0 Å². The molecule has 0 atom stereocenters. The van der Waals surface area contributed by atoms with Crippen LogP contribution in [0.25, 0.3) is 0 Å². The van der Waals surface area contributed by atoms with Crippen molar-refractivity contribution in [3.63, 3.8) is 0 Å². The number of methoxy groups -OCH3 is 1. The Kier molecular flexibility index (Phi) is 6.02. The number of hydrogen-bond donors (Lipinski definition) is 1. The molecule has 0 amide bonds. The van der Waals surface area contributed by atoms with E-state index in [4.69, 9.17) is 4.74 Å². The molecule has 0 unspecified atom stereocenters. The van der Waals surface area contributed by atoms with Gasteiger partial charge in [-0.05, 0) is 48.9 Å². The molecule has 2 heterocycles. The lowest BCUT2D eigenvalue weighted by atomic mass is 10.2. The summed E-state index contributed by atoms with van der Waals surface area (Å²) < 4.78 is 18.6. The molecule has 166 valence electrons. The molecule has 0 aliphatic carbocycles. The van der Waals surface area contributed by atoms with Crippen LogP contribution in [0, 0.1) is 22.9 Å². The first-order valence-corrected chi connectivity index (χ1v) is 10.1. The van der Waals surface area contributed by atoms with Crippen molar-refractivity contribution >= 4 is 28.7 Å². The van der Waals surface area contributed by atoms with Gasteiger partial charge in [0, 0.05) is 31.9 Å². The molecule has 1 N–H and O–H groups in total. The topological polar surface area (TPSA) is 96.7 Å². The molecule has 4 rings (SSSR count). The third-order valence-electron chi connectivity index (χ3n) is 5.36. The number of aryl methyl sites for hydroxylation is 1. The van der Waals surface area contributed by atoms with E-state index in [-0.39, 0.29) is 23.1 Å². The molecule has 2 aromatic carbocycles. The highest BCUT2D eigenvalue weighted by Crippen LogP contribution is 2.36. The average molecular weight is 438 g/mol. The van der Waals surface area contributed by atoms with Crippen LogP contribution in [0.1, 0.15) is 5.56 Å². The molecule has 10 heteroatoms. The average Bonchev–Trinajstić information content (AvgIpc) is 2.79. The SMILES string of the molecule is COc1ccc(C)cc1Nc1ncnc(N2CCN(c3ccc(F)cc3)CC2)c1[N+](=O)[O-]. The van der Waals surface area contributed by atoms with Crippen LogP contribution >= 0.6 is 0 Å². The fraction of sp³-hybridized carbons (Fsp3) is 0.273. The number of aromatic nitrogens is 2. The first-order chi connectivity index (χ1) is 15.5. The van der Waals surface area contributed by atoms with Crippen LogP contribution in [-0.2, 0) is 0 Å². The summed E-state index contributed by atoms with van der Waals surface area (Å²) in [6.07, 6.45) is 1.32. The molecule has 0 spiro atoms. The molecule has 0 bridgehead atoms. The number of hydrogen-bond acceptors (Lipinski definition) is 8. The number of piperazine rings is 1. The third-order valence-corrected chi connectivity index (χ3v) is 5.36. The Morgan fingerprint density at radius 1 is 1.06 bits per heavy atom. The van der Waals surface area contributed by atoms with Crippen molar-refractivity contribution in [1.29, 1.82) is 0 Å². The second kappa shape index (κ2) is 9.04. The molecule has 1 aromatic heterocycles. The zero-order valence-electron chi connectivity index (χ0n) is 17.8. The fourth-order valence-electron chi connectivity index (χ4n) is 3.74. The van der Waals surface area contributed by atoms with Crippen molar-refractivity contribution in [3.8, 4) is 5.75 Å². The quantitative estimate of drug-likeness (QED) is 0.457. The van der Waals surface area contributed by atoms with Gasteiger partial charge < -0.3 is 19.9 Å². The standard InChI is InChI=1S/C22H23FN6O3/c1-15-3-8-19(32-2)18(13-15)26-21-20(29(30)31)22(25-14-24-21)28-11-9-27(10-12-28)17-6-4-16(23)5-7-17/h3-8,13-14H,9-12H2,1-2H3,(H,24,25,26). The van der Waals surface area contributed by atoms with Crippen LogP contribution in [0.4, 0.5) is 33.1 Å². The summed E-state index contributed by atoms with van der Waals surface area (Å²) in [7, 11) is 1.54. The molecule has 1 aliphatic rings. The lowest BCUT2D eigenvalue weighted by molar-refractivity contribution is -0.383. The van der Waals surface area contributed by atoms with E-state index >= 15 is 0 Å². The Morgan fingerprint density at radius 3 is 2.41 bits per heavy atom. The lowest BCUT2D eigenvalue weighted by Gasteiger charge is -2.36. The Labute approximate surface area is 184 Å². The van der Waals surface area contributed by atoms with E-state index < -0.39 is 4.92 Å². The Balaban J connectivity index is 1.58. The largest absolute Gasteiger partial charge is 0.495 e. The third kappa shape index (κ3) is 4.39. The van der Waals surface area contributed by atoms with Crippen molar-refractivity contribution < 1.29 is 14.1 Å². The summed E-state index contributed by atoms with van der Waals surface area (Å²) >= 11 is 0. The summed E-state index contributed by atoms with van der Waals surface area (Å²) in [5.74, 6) is 0.634. The number of nitro groups is 1. The van der Waals surface area contributed by atoms with Gasteiger partial charge in [0.25, 0.3) is 0 Å². The molecule has 0 saturated carbocycles. The molecular weight excluding hydrogens is 415 g/mol. The molecule has 1 saturated heterocycles. The molecule has 0 radical (unpaired) electrons. The molecule has 9 nitrogen and oxygen atoms in total. The van der Waals surface area contributed by atoms with Gasteiger partial charge in [0.1, 0.15) is 17.9 Å². The molecular formula is C22H23FN6O3. The molecule has 32 heavy (non-hydrogen) atoms. The van der Waals surface area contributed by atoms with Gasteiger partial charge in [-0.3, -0.25) is 10.1 Å². The fourth-order valence-corrected chi connectivity index (χ4v) is 3.74. The van der Waals surface area contributed by atoms with Gasteiger partial charge in [-0.2, -0.15) is 0 Å². The van der Waals surface area contributed by atoms with Crippen molar-refractivity contribution in [2.45, 2.75) is 6.92 Å². The Hall–Kier alpha value is -3.95. The maximum Gasteiger partial charge on any atom is 0.353 e. The number of nitrogens with zero attached hydrogens (tertiary/aromatic N) is 5. The van der Waals surface area contributed by atoms with Crippen LogP contribution in [0.3, 0.4) is 0 Å². The van der Waals surface area contributed by atoms with Gasteiger partial charge in [0.15, 0.2) is 0 Å². The highest BCUT2D eigenvalue weighted by Gasteiger charge is 2.29. The van der Waals surface area contributed by atoms with Crippen LogP contribution in [0.2, 0.25) is 0 Å². The highest BCUT2D eigenvalue weighted by atomic mass is 19.1. The Bertz CT molecular complexity index is 1120. The van der Waals surface area contributed by atoms with E-state index in [0.29, 0.717) is 37.6 Å². The van der Waals surface area contributed by atoms with Crippen LogP contribution < -0.4 is 19.9 Å². The predicted molar refractivity (Wildman–Crippen MR) is 121 cm³/mol. The summed E-state index contributed by atoms with van der Waals surface area (Å²) in [4.78, 5) is 23.9. The van der Waals surface area contributed by atoms with Gasteiger partial charge in [0.05, 0.1) is 17.7 Å². The number of halogens is 1. The first kappa shape index (κ1) is 21.3. The van der Waals surface area contributed by atoms with E-state index in [1.54, 1.807) is 18.2 Å². The summed E-state index contributed by atoms with van der Waals surface area (Å²) in [6.45, 7) is 4.23. The first-order valence-electron chi connectivity index (χ1n) is 10.1. The van der Waals surface area contributed by atoms with E-state index in [1.165, 1.54) is 25.6 Å². The number of anilines is 4. The second-order valence-corrected chi connectivity index (χ2v) is 7.43. The van der Waals surface area contributed by atoms with Crippen molar-refractivity contribution in [3.05, 3.63) is 70.3 Å². The summed E-state index contributed by atoms with van der Waals surface area (Å²) in [6, 6.07) is 11.8. The monoisotopic (exact) mass is 438 g/mol. The van der Waals surface area contributed by atoms with Gasteiger partial charge in [0.2, 0.25) is 11.6 Å². The summed E-state index contributed by atoms with van der Waals surface area (Å²) in [5, 5.41) is 15.0. The minimum absolute atomic E-state index is 0.102. The summed E-state index contributed by atoms with van der Waals surface area (Å²) in [5.41, 5.74) is 2.28. The van der Waals surface area contributed by atoms with Crippen molar-refractivity contribution in [1.82, 2.24) is 9.97 Å². The normalized spacial score (nSPS) is 13.7. The maximum absolute atomic E-state index is 13.2. The molecule has 1 aliphatic heterocycles. The van der Waals surface area contributed by atoms with Gasteiger partial charge in [-0.1, -0.05) is 6.07 Å². The van der Waals surface area contributed by atoms with E-state index in [9.17, 15) is 14.5 Å². The minimum atomic E-state index is -0.466. The zero-order chi connectivity index (χ0) is 22.7. The van der Waals surface area contributed by atoms with Crippen LogP contribution in [0.15, 0.2) is 48.8 Å². The van der Waals surface area contributed by atoms with Gasteiger partial charge in [-0.15, -0.1) is 0 Å². The minimum Gasteiger partial charge on any atom is -0.495 e. The number of nitrogens with one attached hydrogen (secondary N) is 1. The van der Waals surface area contributed by atoms with Gasteiger partial charge in [-0.25, -0.2) is 14.4 Å². The van der Waals surface area contributed by atoms with Crippen molar-refractivity contribution in [2.75, 3.05) is 48.4 Å². The van der Waals surface area contributed by atoms with Crippen LogP contribution in [-0.4, -0.2) is 48.2 Å². The highest BCUT2D eigenvalue weighted by molar-refractivity contribution is 5.77. The zero-order valence-corrected chi connectivity index (χ0v) is 17.8.